The van der Waals surface area contributed by atoms with Crippen LogP contribution in [0.3, 0.4) is 0 Å². The molecule has 3 fully saturated rings. The number of nitrogens with two attached hydrogens (primary N) is 2. The largest absolute Gasteiger partial charge is 0.444 e. The van der Waals surface area contributed by atoms with Gasteiger partial charge in [0.15, 0.2) is 0 Å². The lowest BCUT2D eigenvalue weighted by Crippen LogP contribution is -2.54. The number of amides is 13. The molecule has 3 atom stereocenters. The van der Waals surface area contributed by atoms with E-state index in [9.17, 15) is 66.7 Å². The summed E-state index contributed by atoms with van der Waals surface area (Å²) in [7, 11) is 0. The van der Waals surface area contributed by atoms with Crippen LogP contribution < -0.4 is 43.4 Å². The maximum absolute atomic E-state index is 13.7. The summed E-state index contributed by atoms with van der Waals surface area (Å²) in [6.45, 7) is 10.5. The third-order valence-electron chi connectivity index (χ3n) is 12.9. The summed E-state index contributed by atoms with van der Waals surface area (Å²) >= 11 is 0. The van der Waals surface area contributed by atoms with E-state index in [0.29, 0.717) is 55.2 Å². The molecule has 80 heavy (non-hydrogen) atoms. The first-order valence-corrected chi connectivity index (χ1v) is 26.1. The van der Waals surface area contributed by atoms with Gasteiger partial charge in [-0.25, -0.2) is 9.18 Å². The van der Waals surface area contributed by atoms with E-state index in [-0.39, 0.29) is 72.8 Å². The lowest BCUT2D eigenvalue weighted by atomic mass is 10.0. The Hall–Kier alpha value is -8.78. The zero-order valence-corrected chi connectivity index (χ0v) is 44.6. The Morgan fingerprint density at radius 2 is 0.912 bits per heavy atom. The number of carbonyl (C=O) groups excluding carboxylic acids is 13. The predicted molar refractivity (Wildman–Crippen MR) is 283 cm³/mol. The fourth-order valence-corrected chi connectivity index (χ4v) is 9.13. The highest BCUT2D eigenvalue weighted by Crippen LogP contribution is 2.34. The highest BCUT2D eigenvalue weighted by molar-refractivity contribution is 6.27. The maximum Gasteiger partial charge on any atom is 0.407 e. The Kier molecular flexibility index (Phi) is 20.2. The molecule has 25 nitrogen and oxygen atoms in total. The smallest absolute Gasteiger partial charge is 0.407 e. The van der Waals surface area contributed by atoms with Gasteiger partial charge in [-0.3, -0.25) is 88.2 Å². The molecule has 6 aliphatic rings. The lowest BCUT2D eigenvalue weighted by Gasteiger charge is -2.27. The van der Waals surface area contributed by atoms with Crippen LogP contribution >= 0.6 is 0 Å². The molecule has 0 radical (unpaired) electrons. The average molecular weight is 1110 g/mol. The summed E-state index contributed by atoms with van der Waals surface area (Å²) in [6, 6.07) is 10.8. The molecule has 0 bridgehead atoms. The first-order chi connectivity index (χ1) is 38.0. The van der Waals surface area contributed by atoms with Crippen molar-refractivity contribution in [2.75, 3.05) is 43.4 Å². The lowest BCUT2D eigenvalue weighted by molar-refractivity contribution is -0.137. The van der Waals surface area contributed by atoms with Gasteiger partial charge in [-0.15, -0.1) is 0 Å². The molecule has 10 N–H and O–H groups in total. The van der Waals surface area contributed by atoms with Crippen LogP contribution in [0, 0.1) is 5.82 Å². The molecule has 0 aliphatic carbocycles. The summed E-state index contributed by atoms with van der Waals surface area (Å²) in [5, 5.41) is 15.3. The van der Waals surface area contributed by atoms with Gasteiger partial charge in [0.25, 0.3) is 35.4 Å². The number of alkyl carbamates (subject to hydrolysis) is 1. The molecular formula is C54H64FN11O14. The Morgan fingerprint density at radius 3 is 1.27 bits per heavy atom. The molecule has 13 amide bonds. The second kappa shape index (κ2) is 26.7. The van der Waals surface area contributed by atoms with Crippen molar-refractivity contribution in [1.29, 1.82) is 0 Å². The zero-order chi connectivity index (χ0) is 58.6. The molecule has 3 saturated heterocycles. The van der Waals surface area contributed by atoms with E-state index in [1.54, 1.807) is 36.4 Å². The van der Waals surface area contributed by atoms with E-state index >= 15 is 0 Å². The number of imide groups is 6. The number of hydrogen-bond acceptors (Lipinski definition) is 18. The first-order valence-electron chi connectivity index (χ1n) is 26.1. The van der Waals surface area contributed by atoms with Gasteiger partial charge in [0, 0.05) is 50.3 Å². The molecule has 0 saturated carbocycles. The first kappa shape index (κ1) is 60.4. The summed E-state index contributed by atoms with van der Waals surface area (Å²) in [4.78, 5) is 158. The third-order valence-corrected chi connectivity index (χ3v) is 12.9. The number of benzene rings is 3. The van der Waals surface area contributed by atoms with E-state index in [1.165, 1.54) is 12.1 Å². The minimum absolute atomic E-state index is 0.0340. The van der Waals surface area contributed by atoms with Crippen molar-refractivity contribution in [2.24, 2.45) is 11.5 Å². The molecular weight excluding hydrogens is 1050 g/mol. The van der Waals surface area contributed by atoms with E-state index in [4.69, 9.17) is 16.2 Å². The van der Waals surface area contributed by atoms with Crippen molar-refractivity contribution in [2.45, 2.75) is 116 Å². The van der Waals surface area contributed by atoms with Crippen molar-refractivity contribution >= 4 is 88.4 Å². The van der Waals surface area contributed by atoms with Crippen LogP contribution in [-0.2, 0) is 33.5 Å². The highest BCUT2D eigenvalue weighted by atomic mass is 19.1. The number of unbranched alkanes of at least 4 members (excludes halogenated alkanes) is 1. The van der Waals surface area contributed by atoms with Gasteiger partial charge in [-0.05, 0) is 109 Å². The van der Waals surface area contributed by atoms with Crippen molar-refractivity contribution in [1.82, 2.24) is 36.0 Å². The van der Waals surface area contributed by atoms with Gasteiger partial charge in [-0.2, -0.15) is 0 Å². The van der Waals surface area contributed by atoms with E-state index in [2.05, 4.69) is 38.8 Å². The normalized spacial score (nSPS) is 19.3. The molecule has 26 heteroatoms. The number of rotatable bonds is 14. The second-order valence-corrected chi connectivity index (χ2v) is 19.9. The van der Waals surface area contributed by atoms with Crippen molar-refractivity contribution in [3.63, 3.8) is 0 Å². The minimum atomic E-state index is -1.07. The maximum atomic E-state index is 13.7. The predicted octanol–water partition coefficient (Wildman–Crippen LogP) is 2.24. The van der Waals surface area contributed by atoms with Crippen molar-refractivity contribution in [3.8, 4) is 0 Å². The van der Waals surface area contributed by atoms with Crippen LogP contribution in [0.5, 0.6) is 0 Å². The average Bonchev–Trinajstić information content (AvgIpc) is 3.94. The summed E-state index contributed by atoms with van der Waals surface area (Å²) in [5.74, 6) is -7.47. The van der Waals surface area contributed by atoms with E-state index in [1.807, 2.05) is 20.8 Å². The molecule has 426 valence electrons. The molecule has 9 rings (SSSR count). The van der Waals surface area contributed by atoms with Crippen LogP contribution in [0.2, 0.25) is 0 Å². The van der Waals surface area contributed by atoms with Crippen molar-refractivity contribution < 1.29 is 71.5 Å². The molecule has 6 aliphatic heterocycles. The number of halogens is 1. The summed E-state index contributed by atoms with van der Waals surface area (Å²) < 4.78 is 18.7. The molecule has 0 aromatic heterocycles. The quantitative estimate of drug-likeness (QED) is 0.0847. The Balaban J connectivity index is 0.000000177. The number of piperidine rings is 3. The van der Waals surface area contributed by atoms with Crippen LogP contribution in [0.25, 0.3) is 0 Å². The zero-order valence-electron chi connectivity index (χ0n) is 44.6. The number of nitrogens with one attached hydrogen (secondary N) is 6. The van der Waals surface area contributed by atoms with E-state index in [0.717, 1.165) is 46.4 Å². The van der Waals surface area contributed by atoms with Crippen LogP contribution in [0.4, 0.5) is 20.6 Å². The summed E-state index contributed by atoms with van der Waals surface area (Å²) in [6.07, 6.45) is 3.69. The van der Waals surface area contributed by atoms with Gasteiger partial charge in [0.2, 0.25) is 35.4 Å². The van der Waals surface area contributed by atoms with Gasteiger partial charge >= 0.3 is 6.09 Å². The number of hydrogen-bond donors (Lipinski definition) is 8. The van der Waals surface area contributed by atoms with Crippen molar-refractivity contribution in [3.05, 3.63) is 93.8 Å². The minimum Gasteiger partial charge on any atom is -0.444 e. The molecule has 6 heterocycles. The third kappa shape index (κ3) is 13.9. The number of nitrogens with zero attached hydrogens (tertiary/aromatic N) is 3. The Morgan fingerprint density at radius 1 is 0.550 bits per heavy atom. The fourth-order valence-electron chi connectivity index (χ4n) is 9.13. The fraction of sp³-hybridized carbons (Fsp3) is 0.426. The van der Waals surface area contributed by atoms with E-state index < -0.39 is 94.5 Å². The van der Waals surface area contributed by atoms with Crippen LogP contribution in [0.15, 0.2) is 54.6 Å². The number of ether oxygens (including phenoxy) is 1. The van der Waals surface area contributed by atoms with Crippen LogP contribution in [-0.4, -0.2) is 148 Å². The highest BCUT2D eigenvalue weighted by Gasteiger charge is 2.48. The Labute approximate surface area is 458 Å². The Bertz CT molecular complexity index is 2890. The second-order valence-electron chi connectivity index (χ2n) is 19.9. The monoisotopic (exact) mass is 1110 g/mol. The summed E-state index contributed by atoms with van der Waals surface area (Å²) in [5.41, 5.74) is 12.2. The standard InChI is InChI=1S/C17H19N3O4.C16H18N4O4.C13H9FN2O4.C8H18N2O2/c1-2-3-9-18-11-6-4-5-10-14(11)17(24)20(16(10)23)12-7-8-13(21)19-15(12)22;17-7-2-8-18-10-4-1-3-9-13(10)16(24)20(15(9)23)11-5-6-12(21)19-14(11)22;14-7-3-1-2-6-10(7)13(20)16(12(6)19)8-4-5-9(17)15-11(8)18;1-8(2,3)12-7(11)10-6-4-5-9/h4-6,12,18H,2-3,7-9H2,1H3,(H,19,21,22);1,3-4,11,18H,2,5-8,17H2,(H,19,21,22);1-3,8H,4-5H2,(H,15,17,18);4-6,9H2,1-3H3,(H,10,11). The van der Waals surface area contributed by atoms with Gasteiger partial charge in [0.05, 0.1) is 33.4 Å². The topological polar surface area (TPSA) is 365 Å². The van der Waals surface area contributed by atoms with Crippen LogP contribution in [0.1, 0.15) is 154 Å². The van der Waals surface area contributed by atoms with Gasteiger partial charge < -0.3 is 32.2 Å². The molecule has 3 unspecified atom stereocenters. The number of fused-ring (bicyclic) bond motifs is 3. The molecule has 3 aromatic rings. The van der Waals surface area contributed by atoms with Gasteiger partial charge in [-0.1, -0.05) is 31.5 Å². The van der Waals surface area contributed by atoms with Gasteiger partial charge in [0.1, 0.15) is 29.5 Å². The molecule has 0 spiro atoms. The number of carbonyl (C=O) groups is 13. The SMILES string of the molecule is CC(C)(C)OC(=O)NCCCN.CCCCNc1cccc2c1C(=O)N(C1CCC(=O)NC1=O)C2=O.NCCCNc1cccc2c1C(=O)N(C1CCC(=O)NC1=O)C2=O.O=C1CCC(N2C(=O)c3cccc(F)c3C2=O)C(=O)N1. The number of anilines is 2. The molecule has 3 aromatic carbocycles.